The molecule has 1 unspecified atom stereocenters. The third-order valence-corrected chi connectivity index (χ3v) is 4.60. The highest BCUT2D eigenvalue weighted by Crippen LogP contribution is 2.35. The predicted molar refractivity (Wildman–Crippen MR) is 80.2 cm³/mol. The molecule has 0 bridgehead atoms. The van der Waals surface area contributed by atoms with Crippen LogP contribution >= 0.6 is 11.8 Å². The summed E-state index contributed by atoms with van der Waals surface area (Å²) < 4.78 is 0. The third kappa shape index (κ3) is 3.74. The van der Waals surface area contributed by atoms with Gasteiger partial charge in [0.05, 0.1) is 12.1 Å². The standard InChI is InChI=1S/C15H22N2OS/c1-2-3-7-12(16)15(18)17-13-9-10-19-14-8-5-4-6-11(13)14/h4-6,8,12-13H,2-3,7,9-10,16H2,1H3,(H,17,18)/t12-,13?/m0/s1. The van der Waals surface area contributed by atoms with Crippen LogP contribution in [0.2, 0.25) is 0 Å². The summed E-state index contributed by atoms with van der Waals surface area (Å²) in [5.74, 6) is 1.03. The highest BCUT2D eigenvalue weighted by Gasteiger charge is 2.23. The van der Waals surface area contributed by atoms with Gasteiger partial charge < -0.3 is 11.1 Å². The lowest BCUT2D eigenvalue weighted by Crippen LogP contribution is -2.42. The van der Waals surface area contributed by atoms with Crippen molar-refractivity contribution in [2.75, 3.05) is 5.75 Å². The summed E-state index contributed by atoms with van der Waals surface area (Å²) in [6, 6.07) is 8.04. The Hall–Kier alpha value is -1.00. The predicted octanol–water partition coefficient (Wildman–Crippen LogP) is 2.86. The van der Waals surface area contributed by atoms with Gasteiger partial charge in [-0.3, -0.25) is 4.79 Å². The number of rotatable bonds is 5. The fraction of sp³-hybridized carbons (Fsp3) is 0.533. The van der Waals surface area contributed by atoms with Crippen LogP contribution in [0.1, 0.15) is 44.2 Å². The molecule has 4 heteroatoms. The minimum Gasteiger partial charge on any atom is -0.348 e. The minimum absolute atomic E-state index is 0.0137. The first-order chi connectivity index (χ1) is 9.22. The summed E-state index contributed by atoms with van der Waals surface area (Å²) in [7, 11) is 0. The molecule has 19 heavy (non-hydrogen) atoms. The van der Waals surface area contributed by atoms with Crippen LogP contribution in [0.25, 0.3) is 0 Å². The van der Waals surface area contributed by atoms with Crippen molar-refractivity contribution in [3.05, 3.63) is 29.8 Å². The zero-order valence-electron chi connectivity index (χ0n) is 11.4. The van der Waals surface area contributed by atoms with E-state index in [1.165, 1.54) is 10.5 Å². The molecular weight excluding hydrogens is 256 g/mol. The van der Waals surface area contributed by atoms with Gasteiger partial charge in [0.15, 0.2) is 0 Å². The van der Waals surface area contributed by atoms with E-state index in [1.54, 1.807) is 0 Å². The van der Waals surface area contributed by atoms with E-state index >= 15 is 0 Å². The number of carbonyl (C=O) groups excluding carboxylic acids is 1. The lowest BCUT2D eigenvalue weighted by Gasteiger charge is -2.27. The SMILES string of the molecule is CCCC[C@H](N)C(=O)NC1CCSc2ccccc21. The topological polar surface area (TPSA) is 55.1 Å². The Bertz CT molecular complexity index is 436. The van der Waals surface area contributed by atoms with E-state index in [9.17, 15) is 4.79 Å². The second-order valence-corrected chi connectivity index (χ2v) is 6.12. The molecule has 0 aromatic heterocycles. The van der Waals surface area contributed by atoms with Gasteiger partial charge in [0.1, 0.15) is 0 Å². The van der Waals surface area contributed by atoms with Crippen LogP contribution < -0.4 is 11.1 Å². The molecule has 1 aromatic carbocycles. The van der Waals surface area contributed by atoms with E-state index in [-0.39, 0.29) is 18.0 Å². The monoisotopic (exact) mass is 278 g/mol. The summed E-state index contributed by atoms with van der Waals surface area (Å²) in [5.41, 5.74) is 7.15. The number of amides is 1. The molecule has 1 amide bonds. The van der Waals surface area contributed by atoms with Gasteiger partial charge >= 0.3 is 0 Å². The van der Waals surface area contributed by atoms with E-state index in [1.807, 2.05) is 23.9 Å². The van der Waals surface area contributed by atoms with E-state index < -0.39 is 0 Å². The average Bonchev–Trinajstić information content (AvgIpc) is 2.45. The zero-order valence-corrected chi connectivity index (χ0v) is 12.2. The number of unbranched alkanes of at least 4 members (excludes halogenated alkanes) is 1. The maximum absolute atomic E-state index is 12.1. The first kappa shape index (κ1) is 14.4. The molecule has 3 nitrogen and oxygen atoms in total. The number of hydrogen-bond acceptors (Lipinski definition) is 3. The number of benzene rings is 1. The number of hydrogen-bond donors (Lipinski definition) is 2. The Morgan fingerprint density at radius 2 is 2.32 bits per heavy atom. The highest BCUT2D eigenvalue weighted by molar-refractivity contribution is 7.99. The van der Waals surface area contributed by atoms with Crippen molar-refractivity contribution in [2.45, 2.75) is 49.6 Å². The van der Waals surface area contributed by atoms with Gasteiger partial charge in [0, 0.05) is 10.6 Å². The van der Waals surface area contributed by atoms with Crippen molar-refractivity contribution >= 4 is 17.7 Å². The quantitative estimate of drug-likeness (QED) is 0.871. The van der Waals surface area contributed by atoms with Crippen molar-refractivity contribution in [1.82, 2.24) is 5.32 Å². The molecule has 2 atom stereocenters. The maximum Gasteiger partial charge on any atom is 0.237 e. The Labute approximate surface area is 119 Å². The van der Waals surface area contributed by atoms with Crippen molar-refractivity contribution in [3.8, 4) is 0 Å². The largest absolute Gasteiger partial charge is 0.348 e. The molecular formula is C15H22N2OS. The molecule has 3 N–H and O–H groups in total. The summed E-state index contributed by atoms with van der Waals surface area (Å²) in [6.07, 6.45) is 3.83. The van der Waals surface area contributed by atoms with Gasteiger partial charge in [0.25, 0.3) is 0 Å². The van der Waals surface area contributed by atoms with E-state index in [0.717, 1.165) is 31.4 Å². The van der Waals surface area contributed by atoms with E-state index in [0.29, 0.717) is 0 Å². The summed E-state index contributed by atoms with van der Waals surface area (Å²) in [5, 5.41) is 3.11. The normalized spacial score (nSPS) is 19.6. The smallest absolute Gasteiger partial charge is 0.237 e. The lowest BCUT2D eigenvalue weighted by molar-refractivity contribution is -0.123. The maximum atomic E-state index is 12.1. The van der Waals surface area contributed by atoms with Gasteiger partial charge in [-0.1, -0.05) is 38.0 Å². The molecule has 104 valence electrons. The fourth-order valence-corrected chi connectivity index (χ4v) is 3.45. The Morgan fingerprint density at radius 1 is 1.53 bits per heavy atom. The molecule has 0 spiro atoms. The van der Waals surface area contributed by atoms with Gasteiger partial charge in [-0.25, -0.2) is 0 Å². The Kier molecular flexibility index (Phi) is 5.28. The van der Waals surface area contributed by atoms with E-state index in [4.69, 9.17) is 5.73 Å². The Balaban J connectivity index is 1.98. The number of nitrogens with one attached hydrogen (secondary N) is 1. The third-order valence-electron chi connectivity index (χ3n) is 3.48. The van der Waals surface area contributed by atoms with Crippen LogP contribution in [0.15, 0.2) is 29.2 Å². The molecule has 1 aromatic rings. The lowest BCUT2D eigenvalue weighted by atomic mass is 10.0. The summed E-state index contributed by atoms with van der Waals surface area (Å²) in [6.45, 7) is 2.11. The van der Waals surface area contributed by atoms with Crippen LogP contribution in [0.3, 0.4) is 0 Å². The number of fused-ring (bicyclic) bond motifs is 1. The molecule has 0 saturated heterocycles. The van der Waals surface area contributed by atoms with Crippen LogP contribution in [-0.4, -0.2) is 17.7 Å². The second kappa shape index (κ2) is 6.96. The van der Waals surface area contributed by atoms with Gasteiger partial charge in [0.2, 0.25) is 5.91 Å². The highest BCUT2D eigenvalue weighted by atomic mass is 32.2. The minimum atomic E-state index is -0.373. The number of thioether (sulfide) groups is 1. The van der Waals surface area contributed by atoms with Gasteiger partial charge in [-0.2, -0.15) is 0 Å². The molecule has 1 heterocycles. The summed E-state index contributed by atoms with van der Waals surface area (Å²) in [4.78, 5) is 13.4. The molecule has 0 saturated carbocycles. The molecule has 1 aliphatic rings. The van der Waals surface area contributed by atoms with Crippen LogP contribution in [0, 0.1) is 0 Å². The van der Waals surface area contributed by atoms with Crippen LogP contribution in [0.4, 0.5) is 0 Å². The average molecular weight is 278 g/mol. The number of nitrogens with two attached hydrogens (primary N) is 1. The van der Waals surface area contributed by atoms with Crippen LogP contribution in [-0.2, 0) is 4.79 Å². The first-order valence-electron chi connectivity index (χ1n) is 7.00. The molecule has 0 radical (unpaired) electrons. The van der Waals surface area contributed by atoms with Gasteiger partial charge in [-0.05, 0) is 24.5 Å². The molecule has 0 fully saturated rings. The molecule has 0 aliphatic carbocycles. The van der Waals surface area contributed by atoms with Crippen molar-refractivity contribution in [2.24, 2.45) is 5.73 Å². The fourth-order valence-electron chi connectivity index (χ4n) is 2.33. The number of carbonyl (C=O) groups is 1. The molecule has 2 rings (SSSR count). The van der Waals surface area contributed by atoms with Crippen LogP contribution in [0.5, 0.6) is 0 Å². The summed E-state index contributed by atoms with van der Waals surface area (Å²) >= 11 is 1.86. The second-order valence-electron chi connectivity index (χ2n) is 4.98. The van der Waals surface area contributed by atoms with Crippen molar-refractivity contribution in [1.29, 1.82) is 0 Å². The Morgan fingerprint density at radius 3 is 3.11 bits per heavy atom. The zero-order chi connectivity index (χ0) is 13.7. The first-order valence-corrected chi connectivity index (χ1v) is 7.98. The van der Waals surface area contributed by atoms with Crippen molar-refractivity contribution in [3.63, 3.8) is 0 Å². The van der Waals surface area contributed by atoms with E-state index in [2.05, 4.69) is 24.4 Å². The molecule has 1 aliphatic heterocycles. The van der Waals surface area contributed by atoms with Gasteiger partial charge in [-0.15, -0.1) is 11.8 Å². The van der Waals surface area contributed by atoms with Crippen molar-refractivity contribution < 1.29 is 4.79 Å².